The van der Waals surface area contributed by atoms with Gasteiger partial charge in [0.25, 0.3) is 11.9 Å². The number of rotatable bonds is 4. The van der Waals surface area contributed by atoms with Gasteiger partial charge < -0.3 is 14.7 Å². The van der Waals surface area contributed by atoms with E-state index in [0.29, 0.717) is 37.5 Å². The molecule has 4 rings (SSSR count). The maximum absolute atomic E-state index is 12.0. The van der Waals surface area contributed by atoms with Gasteiger partial charge >= 0.3 is 6.03 Å². The van der Waals surface area contributed by atoms with Gasteiger partial charge in [-0.2, -0.15) is 4.98 Å². The third kappa shape index (κ3) is 2.81. The molecule has 8 nitrogen and oxygen atoms in total. The highest BCUT2D eigenvalue weighted by Gasteiger charge is 2.48. The average molecular weight is 355 g/mol. The Bertz CT molecular complexity index is 811. The second kappa shape index (κ2) is 6.44. The van der Waals surface area contributed by atoms with E-state index in [0.717, 1.165) is 12.2 Å². The molecule has 1 spiro atoms. The lowest BCUT2D eigenvalue weighted by Crippen LogP contribution is -2.49. The Balaban J connectivity index is 1.47. The van der Waals surface area contributed by atoms with Crippen LogP contribution in [-0.2, 0) is 4.79 Å². The summed E-state index contributed by atoms with van der Waals surface area (Å²) in [5.41, 5.74) is 0.242. The van der Waals surface area contributed by atoms with Crippen molar-refractivity contribution in [3.05, 3.63) is 36.2 Å². The van der Waals surface area contributed by atoms with Crippen molar-refractivity contribution in [2.75, 3.05) is 11.4 Å². The second-order valence-corrected chi connectivity index (χ2v) is 6.78. The van der Waals surface area contributed by atoms with Gasteiger partial charge in [0.05, 0.1) is 0 Å². The van der Waals surface area contributed by atoms with Crippen molar-refractivity contribution < 1.29 is 14.1 Å². The highest BCUT2D eigenvalue weighted by molar-refractivity contribution is 6.07. The number of hydrogen-bond acceptors (Lipinski definition) is 6. The minimum absolute atomic E-state index is 0.0988. The minimum atomic E-state index is -0.768. The molecule has 2 fully saturated rings. The molecule has 8 heteroatoms. The smallest absolute Gasteiger partial charge is 0.322 e. The first kappa shape index (κ1) is 16.6. The van der Waals surface area contributed by atoms with Crippen molar-refractivity contribution in [1.29, 1.82) is 0 Å². The van der Waals surface area contributed by atoms with Gasteiger partial charge in [-0.25, -0.2) is 4.79 Å². The van der Waals surface area contributed by atoms with E-state index in [1.54, 1.807) is 0 Å². The van der Waals surface area contributed by atoms with Gasteiger partial charge in [-0.15, -0.1) is 0 Å². The minimum Gasteiger partial charge on any atom is -0.337 e. The van der Waals surface area contributed by atoms with E-state index in [2.05, 4.69) is 20.8 Å². The number of benzene rings is 1. The molecule has 2 aliphatic rings. The van der Waals surface area contributed by atoms with E-state index in [-0.39, 0.29) is 11.8 Å². The average Bonchev–Trinajstić information content (AvgIpc) is 3.23. The number of amides is 3. The third-order valence-corrected chi connectivity index (χ3v) is 5.26. The summed E-state index contributed by atoms with van der Waals surface area (Å²) in [7, 11) is 0. The number of para-hydroxylation sites is 1. The molecule has 0 unspecified atom stereocenters. The highest BCUT2D eigenvalue weighted by Crippen LogP contribution is 2.39. The zero-order valence-electron chi connectivity index (χ0n) is 14.6. The largest absolute Gasteiger partial charge is 0.337 e. The lowest BCUT2D eigenvalue weighted by Gasteiger charge is -2.33. The Morgan fingerprint density at radius 3 is 2.58 bits per heavy atom. The van der Waals surface area contributed by atoms with Crippen molar-refractivity contribution in [3.8, 4) is 0 Å². The van der Waals surface area contributed by atoms with Gasteiger partial charge in [0.2, 0.25) is 5.89 Å². The molecule has 3 amide bonds. The summed E-state index contributed by atoms with van der Waals surface area (Å²) in [6.07, 6.45) is 2.58. The van der Waals surface area contributed by atoms with Crippen LogP contribution >= 0.6 is 0 Å². The van der Waals surface area contributed by atoms with Crippen molar-refractivity contribution in [3.63, 3.8) is 0 Å². The van der Waals surface area contributed by atoms with Crippen LogP contribution in [-0.4, -0.2) is 34.2 Å². The molecule has 2 N–H and O–H groups in total. The molecule has 0 bridgehead atoms. The summed E-state index contributed by atoms with van der Waals surface area (Å²) in [6.45, 7) is 2.76. The second-order valence-electron chi connectivity index (χ2n) is 6.78. The fourth-order valence-corrected chi connectivity index (χ4v) is 3.79. The number of carbonyl (C=O) groups is 2. The Kier molecular flexibility index (Phi) is 4.10. The topological polar surface area (TPSA) is 100 Å². The summed E-state index contributed by atoms with van der Waals surface area (Å²) in [5, 5.41) is 9.25. The molecular weight excluding hydrogens is 334 g/mol. The molecule has 1 aromatic heterocycles. The van der Waals surface area contributed by atoms with Crippen LogP contribution in [0.5, 0.6) is 0 Å². The van der Waals surface area contributed by atoms with Gasteiger partial charge in [-0.3, -0.25) is 10.1 Å². The van der Waals surface area contributed by atoms with Crippen LogP contribution in [0.15, 0.2) is 34.9 Å². The van der Waals surface area contributed by atoms with Gasteiger partial charge in [-0.05, 0) is 49.9 Å². The number of nitrogens with one attached hydrogen (secondary N) is 2. The number of aromatic nitrogens is 2. The van der Waals surface area contributed by atoms with Gasteiger partial charge in [0.1, 0.15) is 5.54 Å². The van der Waals surface area contributed by atoms with Crippen LogP contribution in [0, 0.1) is 0 Å². The maximum Gasteiger partial charge on any atom is 0.322 e. The van der Waals surface area contributed by atoms with Crippen molar-refractivity contribution in [2.24, 2.45) is 0 Å². The van der Waals surface area contributed by atoms with Crippen molar-refractivity contribution in [2.45, 2.75) is 44.1 Å². The molecule has 1 aromatic carbocycles. The zero-order chi connectivity index (χ0) is 18.1. The van der Waals surface area contributed by atoms with Gasteiger partial charge in [-0.1, -0.05) is 18.2 Å². The summed E-state index contributed by atoms with van der Waals surface area (Å²) < 4.78 is 5.52. The van der Waals surface area contributed by atoms with Crippen LogP contribution in [0.4, 0.5) is 16.4 Å². The van der Waals surface area contributed by atoms with Gasteiger partial charge in [0, 0.05) is 18.2 Å². The van der Waals surface area contributed by atoms with Gasteiger partial charge in [0.15, 0.2) is 0 Å². The standard InChI is InChI=1S/C18H21N5O3/c1-2-23(13-6-4-3-5-7-13)16-19-14(26-22-16)12-8-10-18(11-9-12)15(24)20-17(25)21-18/h3-7,12H,2,8-11H2,1H3,(H2,20,21,24,25). The van der Waals surface area contributed by atoms with Crippen LogP contribution in [0.2, 0.25) is 0 Å². The van der Waals surface area contributed by atoms with E-state index >= 15 is 0 Å². The van der Waals surface area contributed by atoms with E-state index in [1.807, 2.05) is 42.2 Å². The Labute approximate surface area is 150 Å². The number of hydrogen-bond donors (Lipinski definition) is 2. The monoisotopic (exact) mass is 355 g/mol. The first-order chi connectivity index (χ1) is 12.6. The molecule has 1 saturated carbocycles. The van der Waals surface area contributed by atoms with E-state index in [4.69, 9.17) is 4.52 Å². The molecule has 1 aliphatic carbocycles. The first-order valence-corrected chi connectivity index (χ1v) is 8.91. The van der Waals surface area contributed by atoms with Crippen molar-refractivity contribution >= 4 is 23.6 Å². The molecule has 0 radical (unpaired) electrons. The summed E-state index contributed by atoms with van der Waals surface area (Å²) in [6, 6.07) is 9.52. The Morgan fingerprint density at radius 2 is 1.96 bits per heavy atom. The lowest BCUT2D eigenvalue weighted by atomic mass is 9.76. The molecule has 26 heavy (non-hydrogen) atoms. The highest BCUT2D eigenvalue weighted by atomic mass is 16.5. The number of imide groups is 1. The SMILES string of the molecule is CCN(c1ccccc1)c1noc(C2CCC3(CC2)NC(=O)NC3=O)n1. The van der Waals surface area contributed by atoms with Crippen LogP contribution < -0.4 is 15.5 Å². The molecule has 0 atom stereocenters. The Hall–Kier alpha value is -2.90. The summed E-state index contributed by atoms with van der Waals surface area (Å²) in [5.74, 6) is 1.00. The number of carbonyl (C=O) groups excluding carboxylic acids is 2. The number of nitrogens with zero attached hydrogens (tertiary/aromatic N) is 3. The molecule has 1 saturated heterocycles. The number of urea groups is 1. The molecule has 1 aliphatic heterocycles. The normalized spacial score (nSPS) is 25.2. The summed E-state index contributed by atoms with van der Waals surface area (Å²) >= 11 is 0. The van der Waals surface area contributed by atoms with Crippen LogP contribution in [0.25, 0.3) is 0 Å². The zero-order valence-corrected chi connectivity index (χ0v) is 14.6. The van der Waals surface area contributed by atoms with Crippen LogP contribution in [0.1, 0.15) is 44.4 Å². The fraction of sp³-hybridized carbons (Fsp3) is 0.444. The third-order valence-electron chi connectivity index (χ3n) is 5.26. The molecule has 2 aromatic rings. The molecular formula is C18H21N5O3. The van der Waals surface area contributed by atoms with E-state index < -0.39 is 11.6 Å². The predicted molar refractivity (Wildman–Crippen MR) is 94.0 cm³/mol. The van der Waals surface area contributed by atoms with Crippen molar-refractivity contribution in [1.82, 2.24) is 20.8 Å². The lowest BCUT2D eigenvalue weighted by molar-refractivity contribution is -0.125. The quantitative estimate of drug-likeness (QED) is 0.817. The van der Waals surface area contributed by atoms with E-state index in [1.165, 1.54) is 0 Å². The fourth-order valence-electron chi connectivity index (χ4n) is 3.79. The first-order valence-electron chi connectivity index (χ1n) is 8.91. The summed E-state index contributed by atoms with van der Waals surface area (Å²) in [4.78, 5) is 30.1. The predicted octanol–water partition coefficient (Wildman–Crippen LogP) is 2.46. The molecule has 136 valence electrons. The number of anilines is 2. The van der Waals surface area contributed by atoms with Crippen LogP contribution in [0.3, 0.4) is 0 Å². The Morgan fingerprint density at radius 1 is 1.23 bits per heavy atom. The van der Waals surface area contributed by atoms with E-state index in [9.17, 15) is 9.59 Å². The maximum atomic E-state index is 12.0. The molecule has 2 heterocycles.